The zero-order valence-corrected chi connectivity index (χ0v) is 8.47. The third-order valence-corrected chi connectivity index (χ3v) is 1.05. The van der Waals surface area contributed by atoms with Gasteiger partial charge in [-0.2, -0.15) is 0 Å². The Bertz CT molecular complexity index is 205. The Hall–Kier alpha value is -1.38. The number of rotatable bonds is 4. The molecule has 0 radical (unpaired) electrons. The first kappa shape index (κ1) is 14.2. The molecule has 0 bridgehead atoms. The summed E-state index contributed by atoms with van der Waals surface area (Å²) < 4.78 is 12.2. The highest BCUT2D eigenvalue weighted by atomic mass is 19.2. The molecule has 74 valence electrons. The van der Waals surface area contributed by atoms with Crippen LogP contribution in [0.5, 0.6) is 0 Å². The maximum Gasteiger partial charge on any atom is 0.0621 e. The number of allylic oxidation sites excluding steroid dienone is 3. The van der Waals surface area contributed by atoms with Crippen molar-refractivity contribution in [2.45, 2.75) is 13.8 Å². The van der Waals surface area contributed by atoms with Crippen LogP contribution < -0.4 is 0 Å². The van der Waals surface area contributed by atoms with Crippen molar-refractivity contribution >= 4 is 5.71 Å². The fourth-order valence-corrected chi connectivity index (χ4v) is 0.542. The number of nitrogens with zero attached hydrogens (tertiary/aromatic N) is 1. The Morgan fingerprint density at radius 1 is 1.31 bits per heavy atom. The molecular weight excluding hydrogens is 167 g/mol. The molecule has 0 atom stereocenters. The molecule has 0 rings (SSSR count). The molecule has 0 unspecified atom stereocenters. The number of hydrogen-bond acceptors (Lipinski definition) is 2. The van der Waals surface area contributed by atoms with E-state index in [4.69, 9.17) is 5.41 Å². The van der Waals surface area contributed by atoms with Crippen LogP contribution in [0.2, 0.25) is 0 Å². The second-order valence-electron chi connectivity index (χ2n) is 1.93. The van der Waals surface area contributed by atoms with E-state index < -0.39 is 0 Å². The van der Waals surface area contributed by atoms with Gasteiger partial charge >= 0.3 is 0 Å². The molecule has 0 fully saturated rings. The Morgan fingerprint density at radius 3 is 2.00 bits per heavy atom. The lowest BCUT2D eigenvalue weighted by molar-refractivity contribution is 0.128. The Balaban J connectivity index is 0. The summed E-state index contributed by atoms with van der Waals surface area (Å²) in [6, 6.07) is 0. The molecule has 3 heteroatoms. The van der Waals surface area contributed by atoms with E-state index in [0.29, 0.717) is 10.7 Å². The van der Waals surface area contributed by atoms with Gasteiger partial charge in [0, 0.05) is 18.8 Å². The summed E-state index contributed by atoms with van der Waals surface area (Å²) in [5.74, 6) is 0. The average molecular weight is 184 g/mol. The maximum absolute atomic E-state index is 12.2. The SMILES string of the molecule is C=CC(=N)/C(C=C)=C/N(C)F.CC. The van der Waals surface area contributed by atoms with Crippen molar-refractivity contribution in [2.24, 2.45) is 0 Å². The van der Waals surface area contributed by atoms with Gasteiger partial charge in [0.1, 0.15) is 0 Å². The fraction of sp³-hybridized carbons (Fsp3) is 0.300. The summed E-state index contributed by atoms with van der Waals surface area (Å²) in [4.78, 5) is 0. The van der Waals surface area contributed by atoms with Crippen LogP contribution in [-0.2, 0) is 0 Å². The predicted molar refractivity (Wildman–Crippen MR) is 56.4 cm³/mol. The van der Waals surface area contributed by atoms with Crippen LogP contribution in [0.3, 0.4) is 0 Å². The quantitative estimate of drug-likeness (QED) is 0.405. The van der Waals surface area contributed by atoms with Crippen molar-refractivity contribution in [1.82, 2.24) is 5.12 Å². The molecule has 13 heavy (non-hydrogen) atoms. The Kier molecular flexibility index (Phi) is 9.49. The van der Waals surface area contributed by atoms with Crippen LogP contribution in [0.25, 0.3) is 0 Å². The topological polar surface area (TPSA) is 27.1 Å². The highest BCUT2D eigenvalue weighted by Gasteiger charge is 1.96. The Labute approximate surface area is 79.5 Å². The largest absolute Gasteiger partial charge is 0.300 e. The van der Waals surface area contributed by atoms with Gasteiger partial charge in [0.25, 0.3) is 0 Å². The van der Waals surface area contributed by atoms with E-state index >= 15 is 0 Å². The van der Waals surface area contributed by atoms with Gasteiger partial charge < -0.3 is 5.41 Å². The van der Waals surface area contributed by atoms with Crippen LogP contribution in [0, 0.1) is 5.41 Å². The van der Waals surface area contributed by atoms with Crippen molar-refractivity contribution in [3.05, 3.63) is 37.1 Å². The zero-order chi connectivity index (χ0) is 10.9. The second-order valence-corrected chi connectivity index (χ2v) is 1.93. The minimum Gasteiger partial charge on any atom is -0.300 e. The Morgan fingerprint density at radius 2 is 1.77 bits per heavy atom. The van der Waals surface area contributed by atoms with E-state index in [-0.39, 0.29) is 5.71 Å². The van der Waals surface area contributed by atoms with Gasteiger partial charge in [0.2, 0.25) is 0 Å². The monoisotopic (exact) mass is 184 g/mol. The van der Waals surface area contributed by atoms with Crippen LogP contribution in [-0.4, -0.2) is 17.9 Å². The van der Waals surface area contributed by atoms with Crippen molar-refractivity contribution in [2.75, 3.05) is 7.05 Å². The summed E-state index contributed by atoms with van der Waals surface area (Å²) in [6.45, 7) is 10.8. The molecule has 0 aliphatic heterocycles. The molecule has 0 aromatic heterocycles. The van der Waals surface area contributed by atoms with Gasteiger partial charge in [0.15, 0.2) is 0 Å². The number of hydrogen-bond donors (Lipinski definition) is 1. The van der Waals surface area contributed by atoms with E-state index in [1.165, 1.54) is 19.2 Å². The van der Waals surface area contributed by atoms with E-state index in [0.717, 1.165) is 6.20 Å². The fourth-order valence-electron chi connectivity index (χ4n) is 0.542. The van der Waals surface area contributed by atoms with Gasteiger partial charge in [-0.3, -0.25) is 0 Å². The van der Waals surface area contributed by atoms with Crippen LogP contribution >= 0.6 is 0 Å². The van der Waals surface area contributed by atoms with Gasteiger partial charge in [-0.1, -0.05) is 33.1 Å². The standard InChI is InChI=1S/C8H11FN2.C2H6/c1-4-7(6-11(3)9)8(10)5-2;1-2/h4-6,10H,1-2H2,3H3;1-2H3/b7-6+,10-8?;. The van der Waals surface area contributed by atoms with Crippen molar-refractivity contribution < 1.29 is 4.48 Å². The van der Waals surface area contributed by atoms with Crippen LogP contribution in [0.1, 0.15) is 13.8 Å². The number of nitrogens with one attached hydrogen (secondary N) is 1. The van der Waals surface area contributed by atoms with Crippen molar-refractivity contribution in [3.8, 4) is 0 Å². The molecule has 0 aliphatic rings. The smallest absolute Gasteiger partial charge is 0.0621 e. The molecule has 0 aromatic rings. The highest BCUT2D eigenvalue weighted by molar-refractivity contribution is 6.07. The predicted octanol–water partition coefficient (Wildman–Crippen LogP) is 3.10. The minimum absolute atomic E-state index is 0.157. The molecule has 0 saturated heterocycles. The molecule has 2 nitrogen and oxygen atoms in total. The van der Waals surface area contributed by atoms with Gasteiger partial charge in [-0.05, 0) is 6.08 Å². The van der Waals surface area contributed by atoms with Crippen LogP contribution in [0.15, 0.2) is 37.1 Å². The lowest BCUT2D eigenvalue weighted by Gasteiger charge is -2.02. The van der Waals surface area contributed by atoms with E-state index in [9.17, 15) is 4.48 Å². The summed E-state index contributed by atoms with van der Waals surface area (Å²) in [6.07, 6.45) is 3.90. The van der Waals surface area contributed by atoms with Crippen molar-refractivity contribution in [3.63, 3.8) is 0 Å². The van der Waals surface area contributed by atoms with Gasteiger partial charge in [-0.25, -0.2) is 5.12 Å². The minimum atomic E-state index is 0.157. The van der Waals surface area contributed by atoms with Crippen molar-refractivity contribution in [1.29, 1.82) is 5.41 Å². The molecular formula is C10H17FN2. The third-order valence-electron chi connectivity index (χ3n) is 1.05. The summed E-state index contributed by atoms with van der Waals surface area (Å²) in [5, 5.41) is 7.61. The molecule has 0 saturated carbocycles. The van der Waals surface area contributed by atoms with Gasteiger partial charge in [0.05, 0.1) is 5.71 Å². The zero-order valence-electron chi connectivity index (χ0n) is 8.47. The van der Waals surface area contributed by atoms with E-state index in [1.807, 2.05) is 13.8 Å². The second kappa shape index (κ2) is 8.71. The summed E-state index contributed by atoms with van der Waals surface area (Å²) >= 11 is 0. The van der Waals surface area contributed by atoms with Crippen LogP contribution in [0.4, 0.5) is 4.48 Å². The lowest BCUT2D eigenvalue weighted by atomic mass is 10.2. The summed E-state index contributed by atoms with van der Waals surface area (Å²) in [7, 11) is 1.24. The molecule has 1 N–H and O–H groups in total. The van der Waals surface area contributed by atoms with Gasteiger partial charge in [-0.15, -0.1) is 4.48 Å². The van der Waals surface area contributed by atoms with E-state index in [1.54, 1.807) is 0 Å². The lowest BCUT2D eigenvalue weighted by Crippen LogP contribution is -2.01. The molecule has 0 spiro atoms. The van der Waals surface area contributed by atoms with E-state index in [2.05, 4.69) is 13.2 Å². The molecule has 0 heterocycles. The first-order valence-corrected chi connectivity index (χ1v) is 4.06. The highest BCUT2D eigenvalue weighted by Crippen LogP contribution is 2.01. The first-order valence-electron chi connectivity index (χ1n) is 4.06. The third kappa shape index (κ3) is 7.00. The number of halogens is 1. The molecule has 0 aliphatic carbocycles. The summed E-state index contributed by atoms with van der Waals surface area (Å²) in [5.41, 5.74) is 0.564. The average Bonchev–Trinajstić information content (AvgIpc) is 2.16. The molecule has 0 aromatic carbocycles. The maximum atomic E-state index is 12.2. The normalized spacial score (nSPS) is 9.38. The molecule has 0 amide bonds. The first-order chi connectivity index (χ1) is 6.11.